The van der Waals surface area contributed by atoms with E-state index in [1.807, 2.05) is 6.92 Å². The van der Waals surface area contributed by atoms with E-state index < -0.39 is 40.8 Å². The lowest BCUT2D eigenvalue weighted by atomic mass is 9.74. The van der Waals surface area contributed by atoms with Crippen LogP contribution in [0.5, 0.6) is 0 Å². The van der Waals surface area contributed by atoms with E-state index in [2.05, 4.69) is 10.1 Å². The van der Waals surface area contributed by atoms with Crippen molar-refractivity contribution < 1.29 is 27.9 Å². The van der Waals surface area contributed by atoms with Gasteiger partial charge >= 0.3 is 12.1 Å². The Hall–Kier alpha value is -2.33. The van der Waals surface area contributed by atoms with Crippen molar-refractivity contribution in [2.24, 2.45) is 10.8 Å². The molecule has 2 aromatic rings. The second-order valence-corrected chi connectivity index (χ2v) is 11.6. The summed E-state index contributed by atoms with van der Waals surface area (Å²) in [6.45, 7) is 4.02. The number of pyridine rings is 1. The number of hydrogen-bond donors (Lipinski definition) is 1. The minimum absolute atomic E-state index is 0.126. The maximum atomic E-state index is 14.3. The molecule has 2 heterocycles. The lowest BCUT2D eigenvalue weighted by Crippen LogP contribution is -2.38. The molecule has 37 heavy (non-hydrogen) atoms. The maximum Gasteiger partial charge on any atom is 0.433 e. The summed E-state index contributed by atoms with van der Waals surface area (Å²) in [5, 5.41) is 14.1. The Morgan fingerprint density at radius 1 is 1.11 bits per heavy atom. The van der Waals surface area contributed by atoms with Crippen molar-refractivity contribution in [3.05, 3.63) is 45.5 Å². The third-order valence-corrected chi connectivity index (χ3v) is 8.41. The molecule has 0 spiro atoms. The third kappa shape index (κ3) is 5.90. The first-order valence-electron chi connectivity index (χ1n) is 12.2. The van der Waals surface area contributed by atoms with Crippen molar-refractivity contribution in [2.45, 2.75) is 71.0 Å². The van der Waals surface area contributed by atoms with Crippen LogP contribution in [0.15, 0.2) is 18.6 Å². The second-order valence-electron chi connectivity index (χ2n) is 10.8. The zero-order valence-corrected chi connectivity index (χ0v) is 22.1. The van der Waals surface area contributed by atoms with E-state index in [9.17, 15) is 27.9 Å². The number of hydrogen-bond acceptors (Lipinski definition) is 4. The van der Waals surface area contributed by atoms with Crippen molar-refractivity contribution in [2.75, 3.05) is 13.1 Å². The fourth-order valence-electron chi connectivity index (χ4n) is 4.95. The van der Waals surface area contributed by atoms with Crippen molar-refractivity contribution in [1.29, 1.82) is 0 Å². The van der Waals surface area contributed by atoms with Gasteiger partial charge in [0, 0.05) is 25.5 Å². The standard InChI is InChI=1S/C25H29Cl2F3N4O3/c1-23(8-9-23)14-33(10-5-16-18(26)12-31-13-19(16)27)21(35)17-11-32-34(20(17)25(28,29)30)15-3-6-24(2,7-4-15)22(36)37/h11-13,15H,3-10,14H2,1-2H3,(H,36,37)/t15-,24-. The SMILES string of the molecule is CC1(CN(CCc2c(Cl)cncc2Cl)C(=O)c2cnn([C@H]3CC[C@](C)(C(=O)O)CC3)c2C(F)(F)F)CC1. The number of carboxylic acids is 1. The average Bonchev–Trinajstić information content (AvgIpc) is 3.36. The van der Waals surface area contributed by atoms with Gasteiger partial charge < -0.3 is 10.0 Å². The van der Waals surface area contributed by atoms with Gasteiger partial charge in [-0.2, -0.15) is 18.3 Å². The fraction of sp³-hybridized carbons (Fsp3) is 0.600. The highest BCUT2D eigenvalue weighted by atomic mass is 35.5. The smallest absolute Gasteiger partial charge is 0.433 e. The van der Waals surface area contributed by atoms with E-state index in [-0.39, 0.29) is 44.1 Å². The number of carbonyl (C=O) groups is 2. The molecular formula is C25H29Cl2F3N4O3. The van der Waals surface area contributed by atoms with Crippen LogP contribution in [-0.2, 0) is 17.4 Å². The van der Waals surface area contributed by atoms with E-state index in [1.54, 1.807) is 6.92 Å². The van der Waals surface area contributed by atoms with Crippen LogP contribution >= 0.6 is 23.2 Å². The molecule has 202 valence electrons. The van der Waals surface area contributed by atoms with Gasteiger partial charge in [-0.1, -0.05) is 30.1 Å². The van der Waals surface area contributed by atoms with Crippen LogP contribution in [0.25, 0.3) is 0 Å². The molecule has 2 fully saturated rings. The molecule has 7 nitrogen and oxygen atoms in total. The number of alkyl halides is 3. The third-order valence-electron chi connectivity index (χ3n) is 7.76. The molecule has 0 aromatic carbocycles. The Bertz CT molecular complexity index is 1170. The predicted molar refractivity (Wildman–Crippen MR) is 132 cm³/mol. The maximum absolute atomic E-state index is 14.3. The van der Waals surface area contributed by atoms with E-state index >= 15 is 0 Å². The van der Waals surface area contributed by atoms with Crippen molar-refractivity contribution >= 4 is 35.1 Å². The summed E-state index contributed by atoms with van der Waals surface area (Å²) in [5.41, 5.74) is -2.15. The van der Waals surface area contributed by atoms with Gasteiger partial charge in [0.05, 0.1) is 33.3 Å². The van der Waals surface area contributed by atoms with Gasteiger partial charge in [0.15, 0.2) is 5.69 Å². The molecule has 0 aliphatic heterocycles. The van der Waals surface area contributed by atoms with Crippen LogP contribution in [0.2, 0.25) is 10.0 Å². The first-order chi connectivity index (χ1) is 17.2. The number of halogens is 5. The molecule has 2 aromatic heterocycles. The van der Waals surface area contributed by atoms with Gasteiger partial charge in [-0.05, 0) is 62.8 Å². The molecule has 0 radical (unpaired) electrons. The molecule has 2 aliphatic carbocycles. The number of carboxylic acid groups (broad SMARTS) is 1. The number of amides is 1. The molecular weight excluding hydrogens is 532 g/mol. The first-order valence-corrected chi connectivity index (χ1v) is 12.9. The van der Waals surface area contributed by atoms with Gasteiger partial charge in [0.2, 0.25) is 0 Å². The van der Waals surface area contributed by atoms with Crippen LogP contribution < -0.4 is 0 Å². The van der Waals surface area contributed by atoms with Gasteiger partial charge in [-0.25, -0.2) is 0 Å². The summed E-state index contributed by atoms with van der Waals surface area (Å²) in [5.74, 6) is -1.71. The minimum atomic E-state index is -4.82. The summed E-state index contributed by atoms with van der Waals surface area (Å²) < 4.78 is 43.9. The number of aromatic nitrogens is 3. The highest BCUT2D eigenvalue weighted by molar-refractivity contribution is 6.35. The van der Waals surface area contributed by atoms with Crippen molar-refractivity contribution in [3.8, 4) is 0 Å². The normalized spacial score (nSPS) is 23.1. The summed E-state index contributed by atoms with van der Waals surface area (Å²) in [7, 11) is 0. The molecule has 12 heteroatoms. The van der Waals surface area contributed by atoms with Crippen molar-refractivity contribution in [3.63, 3.8) is 0 Å². The molecule has 4 rings (SSSR count). The molecule has 2 aliphatic rings. The number of aliphatic carboxylic acids is 1. The molecule has 2 saturated carbocycles. The Morgan fingerprint density at radius 2 is 1.70 bits per heavy atom. The van der Waals surface area contributed by atoms with Gasteiger partial charge in [-0.3, -0.25) is 19.3 Å². The molecule has 1 N–H and O–H groups in total. The van der Waals surface area contributed by atoms with E-state index in [0.717, 1.165) is 23.7 Å². The van der Waals surface area contributed by atoms with Gasteiger partial charge in [-0.15, -0.1) is 0 Å². The van der Waals surface area contributed by atoms with Gasteiger partial charge in [0.1, 0.15) is 0 Å². The van der Waals surface area contributed by atoms with Crippen LogP contribution in [0, 0.1) is 10.8 Å². The first kappa shape index (κ1) is 27.7. The molecule has 1 amide bonds. The summed E-state index contributed by atoms with van der Waals surface area (Å²) in [6, 6.07) is -0.644. The fourth-order valence-corrected chi connectivity index (χ4v) is 5.51. The molecule has 0 atom stereocenters. The molecule has 0 saturated heterocycles. The topological polar surface area (TPSA) is 88.3 Å². The lowest BCUT2D eigenvalue weighted by Gasteiger charge is -2.34. The predicted octanol–water partition coefficient (Wildman–Crippen LogP) is 6.29. The summed E-state index contributed by atoms with van der Waals surface area (Å²) in [6.07, 6.45) is 1.96. The highest BCUT2D eigenvalue weighted by Crippen LogP contribution is 2.46. The average molecular weight is 561 g/mol. The van der Waals surface area contributed by atoms with E-state index in [4.69, 9.17) is 23.2 Å². The van der Waals surface area contributed by atoms with Crippen LogP contribution in [0.4, 0.5) is 13.2 Å². The second kappa shape index (κ2) is 10.1. The summed E-state index contributed by atoms with van der Waals surface area (Å²) in [4.78, 5) is 30.5. The molecule has 0 unspecified atom stereocenters. The van der Waals surface area contributed by atoms with Crippen molar-refractivity contribution in [1.82, 2.24) is 19.7 Å². The highest BCUT2D eigenvalue weighted by Gasteiger charge is 2.46. The van der Waals surface area contributed by atoms with Crippen LogP contribution in [0.1, 0.15) is 80.0 Å². The molecule has 0 bridgehead atoms. The largest absolute Gasteiger partial charge is 0.481 e. The Morgan fingerprint density at radius 3 is 2.22 bits per heavy atom. The van der Waals surface area contributed by atoms with Crippen LogP contribution in [0.3, 0.4) is 0 Å². The zero-order valence-electron chi connectivity index (χ0n) is 20.6. The van der Waals surface area contributed by atoms with E-state index in [0.29, 0.717) is 22.2 Å². The summed E-state index contributed by atoms with van der Waals surface area (Å²) >= 11 is 12.4. The van der Waals surface area contributed by atoms with E-state index in [1.165, 1.54) is 17.3 Å². The Balaban J connectivity index is 1.62. The Kier molecular flexibility index (Phi) is 7.56. The Labute approximate surface area is 222 Å². The van der Waals surface area contributed by atoms with Crippen LogP contribution in [-0.4, -0.2) is 49.7 Å². The number of rotatable bonds is 8. The minimum Gasteiger partial charge on any atom is -0.481 e. The quantitative estimate of drug-likeness (QED) is 0.409. The lowest BCUT2D eigenvalue weighted by molar-refractivity contribution is -0.152. The number of nitrogens with zero attached hydrogens (tertiary/aromatic N) is 4. The van der Waals surface area contributed by atoms with Gasteiger partial charge in [0.25, 0.3) is 5.91 Å². The number of carbonyl (C=O) groups excluding carboxylic acids is 1. The zero-order chi connectivity index (χ0) is 27.2. The monoisotopic (exact) mass is 560 g/mol.